The molecule has 1 aliphatic carbocycles. The van der Waals surface area contributed by atoms with Crippen LogP contribution in [0.2, 0.25) is 0 Å². The second kappa shape index (κ2) is 7.30. The number of carbonyl (C=O) groups excluding carboxylic acids is 2. The third-order valence-corrected chi connectivity index (χ3v) is 5.94. The lowest BCUT2D eigenvalue weighted by atomic mass is 9.91. The predicted octanol–water partition coefficient (Wildman–Crippen LogP) is 5.02. The molecular weight excluding hydrogens is 374 g/mol. The zero-order valence-electron chi connectivity index (χ0n) is 16.6. The van der Waals surface area contributed by atoms with Crippen molar-refractivity contribution in [3.63, 3.8) is 0 Å². The van der Waals surface area contributed by atoms with Gasteiger partial charge < -0.3 is 9.14 Å². The van der Waals surface area contributed by atoms with Gasteiger partial charge in [-0.05, 0) is 41.5 Å². The Hall–Kier alpha value is -3.66. The first-order chi connectivity index (χ1) is 14.7. The number of hydrogen-bond acceptors (Lipinski definition) is 3. The average Bonchev–Trinajstić information content (AvgIpc) is 3.31. The van der Waals surface area contributed by atoms with Crippen LogP contribution in [0.25, 0.3) is 16.6 Å². The van der Waals surface area contributed by atoms with Crippen molar-refractivity contribution in [1.82, 2.24) is 4.40 Å². The van der Waals surface area contributed by atoms with Gasteiger partial charge in [-0.15, -0.1) is 0 Å². The van der Waals surface area contributed by atoms with Gasteiger partial charge in [0.25, 0.3) is 0 Å². The van der Waals surface area contributed by atoms with E-state index in [0.29, 0.717) is 5.75 Å². The van der Waals surface area contributed by atoms with E-state index < -0.39 is 11.8 Å². The number of Topliss-reactive ketones (excluding diaryl/α,β-unsaturated/α-hetero) is 2. The number of rotatable bonds is 4. The van der Waals surface area contributed by atoms with Crippen molar-refractivity contribution in [3.8, 4) is 16.9 Å². The largest absolute Gasteiger partial charge is 0.497 e. The molecule has 0 spiro atoms. The van der Waals surface area contributed by atoms with Crippen molar-refractivity contribution in [2.75, 3.05) is 7.11 Å². The molecule has 4 nitrogen and oxygen atoms in total. The van der Waals surface area contributed by atoms with E-state index in [4.69, 9.17) is 4.74 Å². The Kier molecular flexibility index (Phi) is 4.47. The highest BCUT2D eigenvalue weighted by atomic mass is 16.5. The number of fused-ring (bicyclic) bond motifs is 1. The van der Waals surface area contributed by atoms with Crippen molar-refractivity contribution in [1.29, 1.82) is 0 Å². The van der Waals surface area contributed by atoms with Crippen LogP contribution < -0.4 is 4.74 Å². The van der Waals surface area contributed by atoms with Crippen LogP contribution in [0.5, 0.6) is 5.75 Å². The van der Waals surface area contributed by atoms with E-state index in [2.05, 4.69) is 10.5 Å². The monoisotopic (exact) mass is 395 g/mol. The zero-order chi connectivity index (χ0) is 20.7. The number of carbonyl (C=O) groups is 2. The van der Waals surface area contributed by atoms with Crippen molar-refractivity contribution in [2.45, 2.75) is 18.3 Å². The number of hydrogen-bond donors (Lipinski definition) is 0. The Bertz CT molecular complexity index is 1240. The summed E-state index contributed by atoms with van der Waals surface area (Å²) < 4.78 is 7.26. The maximum atomic E-state index is 13.5. The van der Waals surface area contributed by atoms with Crippen LogP contribution in [0.3, 0.4) is 0 Å². The molecule has 4 heteroatoms. The van der Waals surface area contributed by atoms with E-state index in [0.717, 1.165) is 27.9 Å². The van der Waals surface area contributed by atoms with E-state index in [1.165, 1.54) is 0 Å². The summed E-state index contributed by atoms with van der Waals surface area (Å²) in [6.45, 7) is 0. The Labute approximate surface area is 174 Å². The fourth-order valence-electron chi connectivity index (χ4n) is 4.51. The van der Waals surface area contributed by atoms with Gasteiger partial charge >= 0.3 is 0 Å². The normalized spacial score (nSPS) is 18.8. The van der Waals surface area contributed by atoms with E-state index in [1.54, 1.807) is 19.2 Å². The first-order valence-electron chi connectivity index (χ1n) is 10.0. The van der Waals surface area contributed by atoms with E-state index in [1.807, 2.05) is 66.9 Å². The minimum absolute atomic E-state index is 0.0277. The van der Waals surface area contributed by atoms with Crippen LogP contribution in [0.1, 0.15) is 29.5 Å². The molecule has 1 fully saturated rings. The number of ketones is 2. The van der Waals surface area contributed by atoms with E-state index in [-0.39, 0.29) is 18.0 Å². The molecule has 0 aliphatic heterocycles. The molecular formula is C26H21NO3. The third-order valence-electron chi connectivity index (χ3n) is 5.94. The number of ether oxygens (including phenoxy) is 1. The number of methoxy groups -OCH3 is 1. The van der Waals surface area contributed by atoms with Crippen molar-refractivity contribution >= 4 is 17.1 Å². The lowest BCUT2D eigenvalue weighted by Gasteiger charge is -2.14. The summed E-state index contributed by atoms with van der Waals surface area (Å²) in [5, 5.41) is 0. The highest BCUT2D eigenvalue weighted by Gasteiger charge is 2.44. The average molecular weight is 395 g/mol. The minimum Gasteiger partial charge on any atom is -0.497 e. The molecule has 0 saturated heterocycles. The molecule has 2 aromatic carbocycles. The van der Waals surface area contributed by atoms with Crippen LogP contribution in [-0.2, 0) is 9.59 Å². The lowest BCUT2D eigenvalue weighted by molar-refractivity contribution is -0.124. The molecule has 5 rings (SSSR count). The predicted molar refractivity (Wildman–Crippen MR) is 116 cm³/mol. The van der Waals surface area contributed by atoms with Gasteiger partial charge in [0.2, 0.25) is 0 Å². The van der Waals surface area contributed by atoms with Crippen LogP contribution in [-0.4, -0.2) is 23.1 Å². The molecule has 0 unspecified atom stereocenters. The maximum Gasteiger partial charge on any atom is 0.157 e. The summed E-state index contributed by atoms with van der Waals surface area (Å²) in [7, 11) is 1.60. The standard InChI is InChI=1S/C26H21NO3/c1-30-20-12-10-18(11-13-20)24-23(28)16-22(26(24)29)25-21(17-7-3-2-4-8-17)15-19-9-5-6-14-27(19)25/h2-15,22,24H,16H2,1H3/t22-,24+/m1/s1. The third kappa shape index (κ3) is 2.92. The van der Waals surface area contributed by atoms with Gasteiger partial charge in [-0.3, -0.25) is 9.59 Å². The van der Waals surface area contributed by atoms with E-state index in [9.17, 15) is 9.59 Å². The van der Waals surface area contributed by atoms with Gasteiger partial charge in [-0.25, -0.2) is 0 Å². The molecule has 0 amide bonds. The van der Waals surface area contributed by atoms with Gasteiger partial charge in [-0.2, -0.15) is 0 Å². The number of benzene rings is 2. The minimum atomic E-state index is -0.723. The molecule has 2 aromatic heterocycles. The molecule has 0 bridgehead atoms. The Morgan fingerprint density at radius 2 is 1.63 bits per heavy atom. The summed E-state index contributed by atoms with van der Waals surface area (Å²) in [5.74, 6) is -0.549. The van der Waals surface area contributed by atoms with Crippen LogP contribution in [0, 0.1) is 0 Å². The maximum absolute atomic E-state index is 13.5. The molecule has 0 N–H and O–H groups in total. The second-order valence-corrected chi connectivity index (χ2v) is 7.64. The summed E-state index contributed by atoms with van der Waals surface area (Å²) >= 11 is 0. The highest BCUT2D eigenvalue weighted by molar-refractivity contribution is 6.17. The van der Waals surface area contributed by atoms with Gasteiger partial charge in [0.1, 0.15) is 17.5 Å². The summed E-state index contributed by atoms with van der Waals surface area (Å²) in [6, 6.07) is 25.3. The fourth-order valence-corrected chi connectivity index (χ4v) is 4.51. The molecule has 0 radical (unpaired) electrons. The second-order valence-electron chi connectivity index (χ2n) is 7.64. The topological polar surface area (TPSA) is 47.8 Å². The molecule has 2 heterocycles. The van der Waals surface area contributed by atoms with Crippen molar-refractivity contribution in [2.24, 2.45) is 0 Å². The summed E-state index contributed by atoms with van der Waals surface area (Å²) in [5.41, 5.74) is 4.69. The van der Waals surface area contributed by atoms with Crippen LogP contribution in [0.15, 0.2) is 85.1 Å². The van der Waals surface area contributed by atoms with E-state index >= 15 is 0 Å². The van der Waals surface area contributed by atoms with Gasteiger partial charge in [-0.1, -0.05) is 48.5 Å². The fraction of sp³-hybridized carbons (Fsp3) is 0.154. The number of pyridine rings is 1. The van der Waals surface area contributed by atoms with Crippen LogP contribution in [0.4, 0.5) is 0 Å². The molecule has 4 aromatic rings. The van der Waals surface area contributed by atoms with Crippen LogP contribution >= 0.6 is 0 Å². The Balaban J connectivity index is 1.62. The molecule has 2 atom stereocenters. The smallest absolute Gasteiger partial charge is 0.157 e. The number of aromatic nitrogens is 1. The lowest BCUT2D eigenvalue weighted by Crippen LogP contribution is -2.15. The van der Waals surface area contributed by atoms with Gasteiger partial charge in [0.05, 0.1) is 13.0 Å². The first-order valence-corrected chi connectivity index (χ1v) is 10.0. The first kappa shape index (κ1) is 18.4. The molecule has 1 aliphatic rings. The molecule has 1 saturated carbocycles. The van der Waals surface area contributed by atoms with Gasteiger partial charge in [0.15, 0.2) is 5.78 Å². The Morgan fingerprint density at radius 3 is 2.37 bits per heavy atom. The van der Waals surface area contributed by atoms with Crippen molar-refractivity contribution < 1.29 is 14.3 Å². The number of nitrogens with zero attached hydrogens (tertiary/aromatic N) is 1. The SMILES string of the molecule is COc1ccc([C@H]2C(=O)C[C@H](c3c(-c4ccccc4)cc4ccccn34)C2=O)cc1. The summed E-state index contributed by atoms with van der Waals surface area (Å²) in [6.07, 6.45) is 2.19. The van der Waals surface area contributed by atoms with Crippen molar-refractivity contribution in [3.05, 3.63) is 96.3 Å². The quantitative estimate of drug-likeness (QED) is 0.456. The molecule has 148 valence electrons. The Morgan fingerprint density at radius 1 is 0.900 bits per heavy atom. The zero-order valence-corrected chi connectivity index (χ0v) is 16.6. The summed E-state index contributed by atoms with van der Waals surface area (Å²) in [4.78, 5) is 26.5. The van der Waals surface area contributed by atoms with Gasteiger partial charge in [0, 0.05) is 29.4 Å². The highest BCUT2D eigenvalue weighted by Crippen LogP contribution is 2.43. The molecule has 30 heavy (non-hydrogen) atoms.